The zero-order chi connectivity index (χ0) is 15.4. The van der Waals surface area contributed by atoms with Gasteiger partial charge in [0, 0.05) is 12.0 Å². The fraction of sp³-hybridized carbons (Fsp3) is 0.941. The van der Waals surface area contributed by atoms with Crippen molar-refractivity contribution < 1.29 is 4.79 Å². The molecule has 0 saturated carbocycles. The maximum absolute atomic E-state index is 12.1. The highest BCUT2D eigenvalue weighted by Gasteiger charge is 2.29. The number of nitrogens with two attached hydrogens (primary N) is 1. The van der Waals surface area contributed by atoms with E-state index < -0.39 is 5.54 Å². The first-order valence-electron chi connectivity index (χ1n) is 8.42. The van der Waals surface area contributed by atoms with Gasteiger partial charge in [0.25, 0.3) is 0 Å². The zero-order valence-corrected chi connectivity index (χ0v) is 14.1. The second kappa shape index (κ2) is 11.3. The molecular weight excluding hydrogens is 248 g/mol. The Balaban J connectivity index is 3.57. The van der Waals surface area contributed by atoms with E-state index in [1.54, 1.807) is 0 Å². The highest BCUT2D eigenvalue weighted by molar-refractivity contribution is 5.85. The predicted octanol–water partition coefficient (Wildman–Crippen LogP) is 3.80. The highest BCUT2D eigenvalue weighted by atomic mass is 16.1. The van der Waals surface area contributed by atoms with E-state index in [4.69, 9.17) is 5.73 Å². The molecule has 0 fully saturated rings. The van der Waals surface area contributed by atoms with Gasteiger partial charge in [0.1, 0.15) is 0 Å². The van der Waals surface area contributed by atoms with Crippen molar-refractivity contribution in [3.63, 3.8) is 0 Å². The topological polar surface area (TPSA) is 55.1 Å². The number of rotatable bonds is 13. The van der Waals surface area contributed by atoms with Crippen molar-refractivity contribution in [2.75, 3.05) is 7.05 Å². The van der Waals surface area contributed by atoms with Crippen LogP contribution in [-0.4, -0.2) is 24.4 Å². The van der Waals surface area contributed by atoms with E-state index in [0.717, 1.165) is 6.42 Å². The van der Waals surface area contributed by atoms with Gasteiger partial charge < -0.3 is 11.1 Å². The molecule has 0 amide bonds. The lowest BCUT2D eigenvalue weighted by Crippen LogP contribution is -2.56. The van der Waals surface area contributed by atoms with Crippen molar-refractivity contribution >= 4 is 5.78 Å². The minimum Gasteiger partial charge on any atom is -0.324 e. The Hall–Kier alpha value is -0.410. The number of nitrogens with one attached hydrogen (secondary N) is 1. The van der Waals surface area contributed by atoms with Gasteiger partial charge in [0.15, 0.2) is 5.78 Å². The standard InChI is InChI=1S/C17H36N2O/c1-5-6-7-8-9-10-11-12-13-14-15(20)16(19-4)17(2,3)18/h16,19H,5-14,18H2,1-4H3. The third kappa shape index (κ3) is 9.49. The van der Waals surface area contributed by atoms with Gasteiger partial charge in [0.2, 0.25) is 0 Å². The molecule has 0 bridgehead atoms. The van der Waals surface area contributed by atoms with Gasteiger partial charge in [-0.15, -0.1) is 0 Å². The summed E-state index contributed by atoms with van der Waals surface area (Å²) in [5.74, 6) is 0.253. The molecule has 3 N–H and O–H groups in total. The van der Waals surface area contributed by atoms with Crippen molar-refractivity contribution in [2.24, 2.45) is 5.73 Å². The SMILES string of the molecule is CCCCCCCCCCCC(=O)C(NC)C(C)(C)N. The third-order valence-corrected chi connectivity index (χ3v) is 3.88. The molecule has 3 heteroatoms. The van der Waals surface area contributed by atoms with Crippen LogP contribution in [0.2, 0.25) is 0 Å². The number of ketones is 1. The lowest BCUT2D eigenvalue weighted by atomic mass is 9.90. The smallest absolute Gasteiger partial charge is 0.151 e. The van der Waals surface area contributed by atoms with Crippen LogP contribution in [0.3, 0.4) is 0 Å². The van der Waals surface area contributed by atoms with E-state index in [-0.39, 0.29) is 11.8 Å². The normalized spacial score (nSPS) is 13.4. The molecule has 0 heterocycles. The van der Waals surface area contributed by atoms with Crippen LogP contribution >= 0.6 is 0 Å². The van der Waals surface area contributed by atoms with Crippen molar-refractivity contribution in [2.45, 2.75) is 96.6 Å². The van der Waals surface area contributed by atoms with Crippen molar-refractivity contribution in [1.29, 1.82) is 0 Å². The Kier molecular flexibility index (Phi) is 11.0. The summed E-state index contributed by atoms with van der Waals surface area (Å²) in [5.41, 5.74) is 5.54. The molecule has 0 rings (SSSR count). The number of carbonyl (C=O) groups is 1. The van der Waals surface area contributed by atoms with E-state index in [2.05, 4.69) is 12.2 Å². The summed E-state index contributed by atoms with van der Waals surface area (Å²) in [6.45, 7) is 6.06. The summed E-state index contributed by atoms with van der Waals surface area (Å²) in [7, 11) is 1.81. The van der Waals surface area contributed by atoms with Crippen LogP contribution in [0.15, 0.2) is 0 Å². The van der Waals surface area contributed by atoms with Crippen molar-refractivity contribution in [3.05, 3.63) is 0 Å². The van der Waals surface area contributed by atoms with Gasteiger partial charge >= 0.3 is 0 Å². The monoisotopic (exact) mass is 284 g/mol. The largest absolute Gasteiger partial charge is 0.324 e. The Morgan fingerprint density at radius 3 is 1.85 bits per heavy atom. The highest BCUT2D eigenvalue weighted by Crippen LogP contribution is 2.13. The summed E-state index contributed by atoms with van der Waals surface area (Å²) < 4.78 is 0. The van der Waals surface area contributed by atoms with Gasteiger partial charge in [-0.05, 0) is 27.3 Å². The molecule has 1 atom stereocenters. The molecule has 0 spiro atoms. The molecule has 0 aliphatic carbocycles. The minimum atomic E-state index is -0.481. The van der Waals surface area contributed by atoms with Gasteiger partial charge in [-0.25, -0.2) is 0 Å². The summed E-state index contributed by atoms with van der Waals surface area (Å²) >= 11 is 0. The van der Waals surface area contributed by atoms with Crippen molar-refractivity contribution in [3.8, 4) is 0 Å². The number of hydrogen-bond acceptors (Lipinski definition) is 3. The molecule has 3 nitrogen and oxygen atoms in total. The maximum atomic E-state index is 12.1. The second-order valence-corrected chi connectivity index (χ2v) is 6.59. The summed E-state index contributed by atoms with van der Waals surface area (Å²) in [5, 5.41) is 3.05. The number of hydrogen-bond donors (Lipinski definition) is 2. The average molecular weight is 284 g/mol. The Bertz CT molecular complexity index is 246. The Morgan fingerprint density at radius 2 is 1.45 bits per heavy atom. The van der Waals surface area contributed by atoms with E-state index in [1.807, 2.05) is 20.9 Å². The van der Waals surface area contributed by atoms with E-state index >= 15 is 0 Å². The molecule has 0 aliphatic heterocycles. The van der Waals surface area contributed by atoms with Gasteiger partial charge in [-0.2, -0.15) is 0 Å². The molecule has 0 aromatic carbocycles. The molecular formula is C17H36N2O. The maximum Gasteiger partial charge on any atom is 0.151 e. The number of likely N-dealkylation sites (N-methyl/N-ethyl adjacent to an activating group) is 1. The van der Waals surface area contributed by atoms with Crippen LogP contribution in [0.5, 0.6) is 0 Å². The predicted molar refractivity (Wildman–Crippen MR) is 88.0 cm³/mol. The summed E-state index contributed by atoms with van der Waals surface area (Å²) in [4.78, 5) is 12.1. The fourth-order valence-electron chi connectivity index (χ4n) is 2.70. The van der Waals surface area contributed by atoms with E-state index in [9.17, 15) is 4.79 Å². The molecule has 0 aromatic rings. The zero-order valence-electron chi connectivity index (χ0n) is 14.1. The Morgan fingerprint density at radius 1 is 1.00 bits per heavy atom. The number of Topliss-reactive ketones (excluding diaryl/α,β-unsaturated/α-hetero) is 1. The quantitative estimate of drug-likeness (QED) is 0.506. The fourth-order valence-corrected chi connectivity index (χ4v) is 2.70. The Labute approximate surface area is 126 Å². The lowest BCUT2D eigenvalue weighted by molar-refractivity contribution is -0.122. The van der Waals surface area contributed by atoms with Crippen LogP contribution in [0, 0.1) is 0 Å². The van der Waals surface area contributed by atoms with Crippen LogP contribution < -0.4 is 11.1 Å². The molecule has 120 valence electrons. The molecule has 0 aromatic heterocycles. The van der Waals surface area contributed by atoms with Gasteiger partial charge in [-0.1, -0.05) is 58.3 Å². The van der Waals surface area contributed by atoms with Gasteiger partial charge in [0.05, 0.1) is 6.04 Å². The van der Waals surface area contributed by atoms with Crippen LogP contribution in [0.4, 0.5) is 0 Å². The van der Waals surface area contributed by atoms with Crippen LogP contribution in [0.1, 0.15) is 85.0 Å². The van der Waals surface area contributed by atoms with Crippen LogP contribution in [-0.2, 0) is 4.79 Å². The van der Waals surface area contributed by atoms with Crippen LogP contribution in [0.25, 0.3) is 0 Å². The third-order valence-electron chi connectivity index (χ3n) is 3.88. The number of unbranched alkanes of at least 4 members (excludes halogenated alkanes) is 8. The number of carbonyl (C=O) groups excluding carboxylic acids is 1. The first-order chi connectivity index (χ1) is 9.43. The average Bonchev–Trinajstić information content (AvgIpc) is 2.36. The molecule has 0 aliphatic rings. The van der Waals surface area contributed by atoms with E-state index in [1.165, 1.54) is 51.4 Å². The lowest BCUT2D eigenvalue weighted by Gasteiger charge is -2.29. The summed E-state index contributed by atoms with van der Waals surface area (Å²) in [6, 6.07) is -0.225. The molecule has 0 saturated heterocycles. The summed E-state index contributed by atoms with van der Waals surface area (Å²) in [6.07, 6.45) is 12.2. The minimum absolute atomic E-state index is 0.225. The molecule has 0 radical (unpaired) electrons. The molecule has 1 unspecified atom stereocenters. The van der Waals surface area contributed by atoms with E-state index in [0.29, 0.717) is 6.42 Å². The molecule has 20 heavy (non-hydrogen) atoms. The van der Waals surface area contributed by atoms with Crippen molar-refractivity contribution in [1.82, 2.24) is 5.32 Å². The first-order valence-corrected chi connectivity index (χ1v) is 8.42. The van der Waals surface area contributed by atoms with Gasteiger partial charge in [-0.3, -0.25) is 4.79 Å². The second-order valence-electron chi connectivity index (χ2n) is 6.59. The first kappa shape index (κ1) is 19.6.